The van der Waals surface area contributed by atoms with Crippen LogP contribution in [0.15, 0.2) is 0 Å². The molecule has 0 aliphatic heterocycles. The standard InChI is InChI=1S/2C4H10.C3H8.8C2H6/c2*1-4(2)3;1-3-2;8*1-2/h2*4H,1-3H3;3H2,1-2H3;8*1-2H3. The van der Waals surface area contributed by atoms with Crippen LogP contribution in [0.1, 0.15) is 173 Å². The molecule has 0 aromatic rings. The first-order chi connectivity index (χ1) is 12.9. The van der Waals surface area contributed by atoms with E-state index in [0.29, 0.717) is 0 Å². The van der Waals surface area contributed by atoms with Crippen LogP contribution in [0.25, 0.3) is 0 Å². The molecule has 0 radical (unpaired) electrons. The lowest BCUT2D eigenvalue weighted by Crippen LogP contribution is -1.66. The third-order valence-electron chi connectivity index (χ3n) is 0. The van der Waals surface area contributed by atoms with Gasteiger partial charge in [-0.25, -0.2) is 0 Å². The minimum absolute atomic E-state index is 0.833. The van der Waals surface area contributed by atoms with E-state index < -0.39 is 0 Å². The minimum atomic E-state index is 0.833. The van der Waals surface area contributed by atoms with Gasteiger partial charge < -0.3 is 0 Å². The fourth-order valence-electron chi connectivity index (χ4n) is 0. The van der Waals surface area contributed by atoms with Gasteiger partial charge in [0.1, 0.15) is 0 Å². The molecule has 0 saturated carbocycles. The Morgan fingerprint density at radius 1 is 0.296 bits per heavy atom. The topological polar surface area (TPSA) is 0 Å². The summed E-state index contributed by atoms with van der Waals surface area (Å²) in [6.07, 6.45) is 1.25. The van der Waals surface area contributed by atoms with E-state index in [9.17, 15) is 0 Å². The molecule has 0 fully saturated rings. The summed E-state index contributed by atoms with van der Waals surface area (Å²) >= 11 is 0. The Kier molecular flexibility index (Phi) is 876. The number of hydrogen-bond acceptors (Lipinski definition) is 0. The van der Waals surface area contributed by atoms with Crippen LogP contribution in [0.4, 0.5) is 0 Å². The van der Waals surface area contributed by atoms with E-state index in [1.807, 2.05) is 111 Å². The molecular weight excluding hydrogens is 324 g/mol. The van der Waals surface area contributed by atoms with E-state index in [1.54, 1.807) is 0 Å². The average Bonchev–Trinajstić information content (AvgIpc) is 2.73. The van der Waals surface area contributed by atoms with Gasteiger partial charge in [-0.2, -0.15) is 0 Å². The summed E-state index contributed by atoms with van der Waals surface area (Å²) in [5.74, 6) is 1.67. The summed E-state index contributed by atoms with van der Waals surface area (Å²) in [5, 5.41) is 0. The molecule has 0 spiro atoms. The van der Waals surface area contributed by atoms with Crippen LogP contribution in [0.2, 0.25) is 0 Å². The van der Waals surface area contributed by atoms with E-state index in [4.69, 9.17) is 0 Å². The normalized spacial score (nSPS) is 5.11. The van der Waals surface area contributed by atoms with E-state index in [1.165, 1.54) is 6.42 Å². The Labute approximate surface area is 184 Å². The van der Waals surface area contributed by atoms with Crippen molar-refractivity contribution in [3.05, 3.63) is 0 Å². The van der Waals surface area contributed by atoms with Crippen molar-refractivity contribution in [2.45, 2.75) is 173 Å². The Balaban J connectivity index is -0.0000000118. The van der Waals surface area contributed by atoms with Crippen molar-refractivity contribution in [2.24, 2.45) is 11.8 Å². The summed E-state index contributed by atoms with van der Waals surface area (Å²) in [4.78, 5) is 0. The third kappa shape index (κ3) is 0. The van der Waals surface area contributed by atoms with Gasteiger partial charge in [0.05, 0.1) is 0 Å². The Morgan fingerprint density at radius 3 is 0.296 bits per heavy atom. The maximum absolute atomic E-state index is 2.17. The van der Waals surface area contributed by atoms with Gasteiger partial charge in [0.15, 0.2) is 0 Å². The molecule has 0 aromatic heterocycles. The van der Waals surface area contributed by atoms with Crippen LogP contribution in [-0.4, -0.2) is 0 Å². The van der Waals surface area contributed by atoms with Crippen LogP contribution in [0.5, 0.6) is 0 Å². The fourth-order valence-corrected chi connectivity index (χ4v) is 0. The van der Waals surface area contributed by atoms with Crippen LogP contribution in [-0.2, 0) is 0 Å². The van der Waals surface area contributed by atoms with Gasteiger partial charge in [-0.1, -0.05) is 173 Å². The summed E-state index contributed by atoms with van der Waals surface area (Å²) < 4.78 is 0. The molecule has 0 bridgehead atoms. The van der Waals surface area contributed by atoms with E-state index >= 15 is 0 Å². The first kappa shape index (κ1) is 71.3. The van der Waals surface area contributed by atoms with Crippen LogP contribution in [0, 0.1) is 11.8 Å². The van der Waals surface area contributed by atoms with Crippen molar-refractivity contribution in [1.29, 1.82) is 0 Å². The zero-order valence-corrected chi connectivity index (χ0v) is 25.9. The van der Waals surface area contributed by atoms with E-state index in [0.717, 1.165) is 11.8 Å². The highest BCUT2D eigenvalue weighted by Crippen LogP contribution is 1.81. The second-order valence-electron chi connectivity index (χ2n) is 4.17. The third-order valence-corrected chi connectivity index (χ3v) is 0. The average molecular weight is 401 g/mol. The van der Waals surface area contributed by atoms with Crippen molar-refractivity contribution < 1.29 is 0 Å². The van der Waals surface area contributed by atoms with Crippen molar-refractivity contribution in [2.75, 3.05) is 0 Å². The van der Waals surface area contributed by atoms with Gasteiger partial charge in [-0.05, 0) is 11.8 Å². The molecule has 0 unspecified atom stereocenters. The Hall–Kier alpha value is 0. The molecule has 0 heteroatoms. The molecule has 0 rings (SSSR count). The predicted molar refractivity (Wildman–Crippen MR) is 148 cm³/mol. The zero-order chi connectivity index (χ0) is 25.9. The molecule has 0 amide bonds. The van der Waals surface area contributed by atoms with Gasteiger partial charge in [-0.15, -0.1) is 0 Å². The first-order valence-electron chi connectivity index (χ1n) is 12.9. The Morgan fingerprint density at radius 2 is 0.296 bits per heavy atom. The molecule has 27 heavy (non-hydrogen) atoms. The fraction of sp³-hybridized carbons (Fsp3) is 1.00. The van der Waals surface area contributed by atoms with Crippen LogP contribution < -0.4 is 0 Å². The number of hydrogen-bond donors (Lipinski definition) is 0. The highest BCUT2D eigenvalue weighted by molar-refractivity contribution is 4.21. The first-order valence-corrected chi connectivity index (χ1v) is 12.9. The van der Waals surface area contributed by atoms with E-state index in [-0.39, 0.29) is 0 Å². The lowest BCUT2D eigenvalue weighted by Gasteiger charge is -1.79. The second-order valence-corrected chi connectivity index (χ2v) is 4.17. The molecular formula is C27H76. The largest absolute Gasteiger partial charge is 0.0683 e. The quantitative estimate of drug-likeness (QED) is 0.379. The SMILES string of the molecule is CC.CC.CC.CC.CC.CC.CC.CC.CC(C)C.CC(C)C.CCC. The maximum atomic E-state index is 2.17. The molecule has 0 N–H and O–H groups in total. The van der Waals surface area contributed by atoms with Crippen molar-refractivity contribution in [3.8, 4) is 0 Å². The highest BCUT2D eigenvalue weighted by Gasteiger charge is 1.68. The predicted octanol–water partition coefficient (Wildman–Crippen LogP) is 13.0. The van der Waals surface area contributed by atoms with E-state index in [2.05, 4.69) is 55.4 Å². The van der Waals surface area contributed by atoms with Crippen molar-refractivity contribution >= 4 is 0 Å². The molecule has 0 aromatic carbocycles. The highest BCUT2D eigenvalue weighted by atomic mass is 13.7. The molecule has 0 saturated heterocycles. The molecule has 0 heterocycles. The summed E-state index contributed by atoms with van der Waals surface area (Å²) in [6.45, 7) is 49.2. The second kappa shape index (κ2) is 332. The van der Waals surface area contributed by atoms with Gasteiger partial charge >= 0.3 is 0 Å². The number of rotatable bonds is 0. The lowest BCUT2D eigenvalue weighted by atomic mass is 10.3. The monoisotopic (exact) mass is 401 g/mol. The minimum Gasteiger partial charge on any atom is -0.0683 e. The van der Waals surface area contributed by atoms with Crippen molar-refractivity contribution in [3.63, 3.8) is 0 Å². The molecule has 0 nitrogen and oxygen atoms in total. The van der Waals surface area contributed by atoms with Crippen LogP contribution >= 0.6 is 0 Å². The zero-order valence-electron chi connectivity index (χ0n) is 25.9. The van der Waals surface area contributed by atoms with Gasteiger partial charge in [0.25, 0.3) is 0 Å². The Bertz CT molecular complexity index is 23.8. The molecule has 0 aliphatic rings. The molecule has 0 atom stereocenters. The van der Waals surface area contributed by atoms with Gasteiger partial charge in [0, 0.05) is 0 Å². The van der Waals surface area contributed by atoms with Gasteiger partial charge in [-0.3, -0.25) is 0 Å². The molecule has 184 valence electrons. The van der Waals surface area contributed by atoms with Gasteiger partial charge in [0.2, 0.25) is 0 Å². The summed E-state index contributed by atoms with van der Waals surface area (Å²) in [7, 11) is 0. The maximum Gasteiger partial charge on any atom is -0.0500 e. The van der Waals surface area contributed by atoms with Crippen LogP contribution in [0.3, 0.4) is 0 Å². The smallest absolute Gasteiger partial charge is 0.0500 e. The lowest BCUT2D eigenvalue weighted by molar-refractivity contribution is 0.736. The summed E-state index contributed by atoms with van der Waals surface area (Å²) in [6, 6.07) is 0. The molecule has 0 aliphatic carbocycles. The summed E-state index contributed by atoms with van der Waals surface area (Å²) in [5.41, 5.74) is 0. The van der Waals surface area contributed by atoms with Crippen molar-refractivity contribution in [1.82, 2.24) is 0 Å².